The minimum absolute atomic E-state index is 0.0547. The first-order valence-electron chi connectivity index (χ1n) is 6.78. The summed E-state index contributed by atoms with van der Waals surface area (Å²) in [5.74, 6) is -1.13. The van der Waals surface area contributed by atoms with Gasteiger partial charge in [-0.3, -0.25) is 9.59 Å². The number of aliphatic carboxylic acids is 1. The van der Waals surface area contributed by atoms with Crippen molar-refractivity contribution in [1.29, 1.82) is 0 Å². The summed E-state index contributed by atoms with van der Waals surface area (Å²) in [6, 6.07) is 0.236. The highest BCUT2D eigenvalue weighted by atomic mass is 16.4. The number of rotatable bonds is 3. The number of carboxylic acid groups (broad SMARTS) is 1. The molecule has 1 amide bonds. The lowest BCUT2D eigenvalue weighted by atomic mass is 10.0. The SMILES string of the molecule is CN1CCCC(NC(=O)C2CCC(C(=O)O)C2)C1. The van der Waals surface area contributed by atoms with Gasteiger partial charge in [0, 0.05) is 18.5 Å². The molecule has 1 aliphatic heterocycles. The van der Waals surface area contributed by atoms with E-state index in [1.165, 1.54) is 0 Å². The van der Waals surface area contributed by atoms with Crippen LogP contribution in [0, 0.1) is 11.8 Å². The Morgan fingerprint density at radius 3 is 2.56 bits per heavy atom. The number of amides is 1. The highest BCUT2D eigenvalue weighted by molar-refractivity contribution is 5.81. The van der Waals surface area contributed by atoms with Gasteiger partial charge in [0.2, 0.25) is 5.91 Å². The van der Waals surface area contributed by atoms with Crippen molar-refractivity contribution in [3.8, 4) is 0 Å². The third-order valence-corrected chi connectivity index (χ3v) is 4.12. The van der Waals surface area contributed by atoms with E-state index in [-0.39, 0.29) is 23.8 Å². The predicted octanol–water partition coefficient (Wildman–Crippen LogP) is 0.698. The fourth-order valence-corrected chi connectivity index (χ4v) is 3.05. The molecule has 0 aromatic rings. The zero-order valence-corrected chi connectivity index (χ0v) is 10.9. The average Bonchev–Trinajstić information content (AvgIpc) is 2.78. The van der Waals surface area contributed by atoms with Crippen molar-refractivity contribution >= 4 is 11.9 Å². The maximum absolute atomic E-state index is 12.1. The Hall–Kier alpha value is -1.10. The number of likely N-dealkylation sites (tertiary alicyclic amines) is 1. The highest BCUT2D eigenvalue weighted by Crippen LogP contribution is 2.31. The normalized spacial score (nSPS) is 33.3. The van der Waals surface area contributed by atoms with E-state index in [4.69, 9.17) is 5.11 Å². The molecule has 2 N–H and O–H groups in total. The number of hydrogen-bond donors (Lipinski definition) is 2. The third-order valence-electron chi connectivity index (χ3n) is 4.12. The Bertz CT molecular complexity index is 332. The molecule has 2 fully saturated rings. The molecular weight excluding hydrogens is 232 g/mol. The van der Waals surface area contributed by atoms with Crippen LogP contribution in [0.4, 0.5) is 0 Å². The minimum atomic E-state index is -0.761. The zero-order chi connectivity index (χ0) is 13.1. The van der Waals surface area contributed by atoms with E-state index in [1.54, 1.807) is 0 Å². The number of nitrogens with one attached hydrogen (secondary N) is 1. The molecule has 0 radical (unpaired) electrons. The number of hydrogen-bond acceptors (Lipinski definition) is 3. The van der Waals surface area contributed by atoms with Crippen molar-refractivity contribution in [2.75, 3.05) is 20.1 Å². The second-order valence-corrected chi connectivity index (χ2v) is 5.66. The van der Waals surface area contributed by atoms with E-state index < -0.39 is 5.97 Å². The maximum Gasteiger partial charge on any atom is 0.306 e. The Kier molecular flexibility index (Phi) is 4.22. The van der Waals surface area contributed by atoms with E-state index in [2.05, 4.69) is 17.3 Å². The van der Waals surface area contributed by atoms with Crippen LogP contribution in [0.3, 0.4) is 0 Å². The summed E-state index contributed by atoms with van der Waals surface area (Å²) < 4.78 is 0. The first-order chi connectivity index (χ1) is 8.56. The standard InChI is InChI=1S/C13H22N2O3/c1-15-6-2-3-11(8-15)14-12(16)9-4-5-10(7-9)13(17)18/h9-11H,2-8H2,1H3,(H,14,16)(H,17,18). The lowest BCUT2D eigenvalue weighted by Gasteiger charge is -2.30. The molecule has 1 saturated heterocycles. The van der Waals surface area contributed by atoms with E-state index in [1.807, 2.05) is 0 Å². The quantitative estimate of drug-likeness (QED) is 0.778. The molecule has 102 valence electrons. The van der Waals surface area contributed by atoms with Gasteiger partial charge in [-0.25, -0.2) is 0 Å². The van der Waals surface area contributed by atoms with Gasteiger partial charge in [-0.15, -0.1) is 0 Å². The number of carbonyl (C=O) groups is 2. The summed E-state index contributed by atoms with van der Waals surface area (Å²) in [7, 11) is 2.06. The van der Waals surface area contributed by atoms with Crippen LogP contribution in [0.25, 0.3) is 0 Å². The topological polar surface area (TPSA) is 69.6 Å². The first-order valence-corrected chi connectivity index (χ1v) is 6.78. The Morgan fingerprint density at radius 2 is 1.94 bits per heavy atom. The van der Waals surface area contributed by atoms with Gasteiger partial charge >= 0.3 is 5.97 Å². The fourth-order valence-electron chi connectivity index (χ4n) is 3.05. The van der Waals surface area contributed by atoms with E-state index in [9.17, 15) is 9.59 Å². The van der Waals surface area contributed by atoms with Crippen LogP contribution in [0.5, 0.6) is 0 Å². The zero-order valence-electron chi connectivity index (χ0n) is 10.9. The molecule has 0 aromatic carbocycles. The second kappa shape index (κ2) is 5.69. The van der Waals surface area contributed by atoms with Crippen LogP contribution in [-0.4, -0.2) is 48.1 Å². The number of nitrogens with zero attached hydrogens (tertiary/aromatic N) is 1. The molecule has 0 spiro atoms. The molecule has 5 heteroatoms. The van der Waals surface area contributed by atoms with Crippen molar-refractivity contribution < 1.29 is 14.7 Å². The minimum Gasteiger partial charge on any atom is -0.481 e. The molecule has 2 rings (SSSR count). The molecule has 5 nitrogen and oxygen atoms in total. The number of piperidine rings is 1. The smallest absolute Gasteiger partial charge is 0.306 e. The molecule has 2 aliphatic rings. The van der Waals surface area contributed by atoms with Gasteiger partial charge in [0.15, 0.2) is 0 Å². The molecule has 18 heavy (non-hydrogen) atoms. The summed E-state index contributed by atoms with van der Waals surface area (Å²) >= 11 is 0. The Morgan fingerprint density at radius 1 is 1.22 bits per heavy atom. The van der Waals surface area contributed by atoms with Crippen molar-refractivity contribution in [3.05, 3.63) is 0 Å². The van der Waals surface area contributed by atoms with Gasteiger partial charge in [0.05, 0.1) is 5.92 Å². The van der Waals surface area contributed by atoms with Gasteiger partial charge in [0.25, 0.3) is 0 Å². The van der Waals surface area contributed by atoms with Crippen LogP contribution in [-0.2, 0) is 9.59 Å². The third kappa shape index (κ3) is 3.22. The van der Waals surface area contributed by atoms with Gasteiger partial charge in [-0.1, -0.05) is 0 Å². The van der Waals surface area contributed by atoms with E-state index >= 15 is 0 Å². The molecule has 0 bridgehead atoms. The summed E-state index contributed by atoms with van der Waals surface area (Å²) in [5, 5.41) is 12.0. The van der Waals surface area contributed by atoms with E-state index in [0.29, 0.717) is 19.3 Å². The first kappa shape index (κ1) is 13.3. The summed E-state index contributed by atoms with van der Waals surface area (Å²) in [5.41, 5.74) is 0. The summed E-state index contributed by atoms with van der Waals surface area (Å²) in [6.07, 6.45) is 4.00. The highest BCUT2D eigenvalue weighted by Gasteiger charge is 2.34. The average molecular weight is 254 g/mol. The monoisotopic (exact) mass is 254 g/mol. The maximum atomic E-state index is 12.1. The molecule has 1 aliphatic carbocycles. The van der Waals surface area contributed by atoms with Gasteiger partial charge < -0.3 is 15.3 Å². The van der Waals surface area contributed by atoms with Crippen molar-refractivity contribution in [1.82, 2.24) is 10.2 Å². The summed E-state index contributed by atoms with van der Waals surface area (Å²) in [4.78, 5) is 25.2. The largest absolute Gasteiger partial charge is 0.481 e. The van der Waals surface area contributed by atoms with Crippen molar-refractivity contribution in [3.63, 3.8) is 0 Å². The van der Waals surface area contributed by atoms with Crippen LogP contribution < -0.4 is 5.32 Å². The Labute approximate surface area is 108 Å². The number of carboxylic acids is 1. The fraction of sp³-hybridized carbons (Fsp3) is 0.846. The van der Waals surface area contributed by atoms with Gasteiger partial charge in [-0.2, -0.15) is 0 Å². The molecule has 1 heterocycles. The van der Waals surface area contributed by atoms with Crippen molar-refractivity contribution in [2.24, 2.45) is 11.8 Å². The number of carbonyl (C=O) groups excluding carboxylic acids is 1. The van der Waals surface area contributed by atoms with Crippen LogP contribution in [0.1, 0.15) is 32.1 Å². The lowest BCUT2D eigenvalue weighted by molar-refractivity contribution is -0.141. The van der Waals surface area contributed by atoms with Crippen molar-refractivity contribution in [2.45, 2.75) is 38.1 Å². The lowest BCUT2D eigenvalue weighted by Crippen LogP contribution is -2.47. The summed E-state index contributed by atoms with van der Waals surface area (Å²) in [6.45, 7) is 2.00. The molecular formula is C13H22N2O3. The van der Waals surface area contributed by atoms with Crippen LogP contribution >= 0.6 is 0 Å². The molecule has 1 saturated carbocycles. The van der Waals surface area contributed by atoms with Gasteiger partial charge in [-0.05, 0) is 45.7 Å². The molecule has 3 unspecified atom stereocenters. The van der Waals surface area contributed by atoms with Crippen LogP contribution in [0.15, 0.2) is 0 Å². The number of likely N-dealkylation sites (N-methyl/N-ethyl adjacent to an activating group) is 1. The second-order valence-electron chi connectivity index (χ2n) is 5.66. The molecule has 3 atom stereocenters. The van der Waals surface area contributed by atoms with Crippen LogP contribution in [0.2, 0.25) is 0 Å². The predicted molar refractivity (Wildman–Crippen MR) is 67.1 cm³/mol. The molecule has 0 aromatic heterocycles. The Balaban J connectivity index is 1.80. The van der Waals surface area contributed by atoms with E-state index in [0.717, 1.165) is 25.9 Å². The van der Waals surface area contributed by atoms with Gasteiger partial charge in [0.1, 0.15) is 0 Å².